The van der Waals surface area contributed by atoms with Gasteiger partial charge in [-0.1, -0.05) is 48.5 Å². The van der Waals surface area contributed by atoms with Gasteiger partial charge in [0.25, 0.3) is 0 Å². The Balaban J connectivity index is 1.41. The zero-order chi connectivity index (χ0) is 26.5. The predicted molar refractivity (Wildman–Crippen MR) is 163 cm³/mol. The first-order valence-corrected chi connectivity index (χ1v) is 13.3. The summed E-state index contributed by atoms with van der Waals surface area (Å²) in [7, 11) is 0. The van der Waals surface area contributed by atoms with Gasteiger partial charge in [-0.15, -0.1) is 0 Å². The third-order valence-corrected chi connectivity index (χ3v) is 7.81. The van der Waals surface area contributed by atoms with E-state index < -0.39 is 0 Å². The highest BCUT2D eigenvalue weighted by molar-refractivity contribution is 6.27. The Morgan fingerprint density at radius 3 is 1.32 bits per heavy atom. The van der Waals surface area contributed by atoms with E-state index in [2.05, 4.69) is 111 Å². The van der Waals surface area contributed by atoms with Crippen molar-refractivity contribution in [2.24, 2.45) is 0 Å². The molecule has 0 N–H and O–H groups in total. The first-order valence-electron chi connectivity index (χ1n) is 13.3. The molecule has 0 aliphatic heterocycles. The maximum absolute atomic E-state index is 4.27. The zero-order valence-corrected chi connectivity index (χ0v) is 21.5. The Morgan fingerprint density at radius 2 is 0.800 bits per heavy atom. The second-order valence-corrected chi connectivity index (χ2v) is 10.0. The van der Waals surface area contributed by atoms with Crippen LogP contribution in [0.4, 0.5) is 0 Å². The van der Waals surface area contributed by atoms with Crippen molar-refractivity contribution >= 4 is 32.3 Å². The summed E-state index contributed by atoms with van der Waals surface area (Å²) in [6.45, 7) is 0. The Kier molecular flexibility index (Phi) is 5.10. The van der Waals surface area contributed by atoms with Gasteiger partial charge < -0.3 is 0 Å². The average Bonchev–Trinajstić information content (AvgIpc) is 3.04. The number of benzene rings is 5. The van der Waals surface area contributed by atoms with Gasteiger partial charge in [0.15, 0.2) is 0 Å². The van der Waals surface area contributed by atoms with Gasteiger partial charge in [0.2, 0.25) is 0 Å². The Labute approximate surface area is 231 Å². The smallest absolute Gasteiger partial charge is 0.115 e. The van der Waals surface area contributed by atoms with E-state index in [0.29, 0.717) is 0 Å². The zero-order valence-electron chi connectivity index (χ0n) is 21.5. The van der Waals surface area contributed by atoms with E-state index in [9.17, 15) is 0 Å². The van der Waals surface area contributed by atoms with Crippen LogP contribution in [0.5, 0.6) is 0 Å². The van der Waals surface area contributed by atoms with Crippen LogP contribution in [0.2, 0.25) is 0 Å². The molecule has 0 radical (unpaired) electrons. The van der Waals surface area contributed by atoms with Crippen LogP contribution in [0.25, 0.3) is 76.8 Å². The van der Waals surface area contributed by atoms with Crippen molar-refractivity contribution in [3.8, 4) is 44.5 Å². The number of rotatable bonds is 4. The van der Waals surface area contributed by atoms with Crippen LogP contribution in [-0.4, -0.2) is 19.9 Å². The molecule has 0 aliphatic carbocycles. The van der Waals surface area contributed by atoms with Crippen molar-refractivity contribution in [1.82, 2.24) is 19.9 Å². The van der Waals surface area contributed by atoms with Crippen molar-refractivity contribution in [2.45, 2.75) is 0 Å². The van der Waals surface area contributed by atoms with Crippen LogP contribution in [-0.2, 0) is 0 Å². The molecule has 0 spiro atoms. The van der Waals surface area contributed by atoms with Crippen LogP contribution in [0, 0.1) is 0 Å². The number of hydrogen-bond donors (Lipinski definition) is 0. The molecule has 186 valence electrons. The SMILES string of the molecule is c1cc(-c2cc(-c3ccncc3)cc(-c3ccc4ccc5c(-c6cncnc6)ccc6ccc3c4c65)c2)ccn1. The van der Waals surface area contributed by atoms with E-state index in [1.807, 2.05) is 37.2 Å². The predicted octanol–water partition coefficient (Wildman–Crippen LogP) is 8.83. The summed E-state index contributed by atoms with van der Waals surface area (Å²) >= 11 is 0. The molecule has 8 rings (SSSR count). The highest BCUT2D eigenvalue weighted by Gasteiger charge is 2.16. The van der Waals surface area contributed by atoms with Gasteiger partial charge in [0.1, 0.15) is 6.33 Å². The molecule has 40 heavy (non-hydrogen) atoms. The molecule has 3 aromatic heterocycles. The van der Waals surface area contributed by atoms with Crippen molar-refractivity contribution < 1.29 is 0 Å². The number of nitrogens with zero attached hydrogens (tertiary/aromatic N) is 4. The van der Waals surface area contributed by atoms with Crippen molar-refractivity contribution in [3.63, 3.8) is 0 Å². The van der Waals surface area contributed by atoms with Crippen LogP contribution in [0.3, 0.4) is 0 Å². The lowest BCUT2D eigenvalue weighted by Crippen LogP contribution is -1.91. The first kappa shape index (κ1) is 22.5. The van der Waals surface area contributed by atoms with E-state index in [-0.39, 0.29) is 0 Å². The third-order valence-electron chi connectivity index (χ3n) is 7.81. The quantitative estimate of drug-likeness (QED) is 0.222. The van der Waals surface area contributed by atoms with Gasteiger partial charge in [0, 0.05) is 42.7 Å². The van der Waals surface area contributed by atoms with E-state index in [0.717, 1.165) is 33.4 Å². The summed E-state index contributed by atoms with van der Waals surface area (Å²) in [6, 6.07) is 33.0. The normalized spacial score (nSPS) is 11.5. The largest absolute Gasteiger partial charge is 0.265 e. The molecule has 3 heterocycles. The molecule has 0 bridgehead atoms. The van der Waals surface area contributed by atoms with E-state index >= 15 is 0 Å². The molecule has 8 aromatic rings. The topological polar surface area (TPSA) is 51.6 Å². The van der Waals surface area contributed by atoms with E-state index in [1.165, 1.54) is 43.4 Å². The monoisotopic (exact) mass is 510 g/mol. The molecular formula is C36H22N4. The molecule has 0 aliphatic rings. The first-order chi connectivity index (χ1) is 19.8. The van der Waals surface area contributed by atoms with Crippen LogP contribution >= 0.6 is 0 Å². The molecular weight excluding hydrogens is 488 g/mol. The van der Waals surface area contributed by atoms with Gasteiger partial charge in [-0.3, -0.25) is 9.97 Å². The lowest BCUT2D eigenvalue weighted by atomic mass is 9.86. The molecule has 0 atom stereocenters. The van der Waals surface area contributed by atoms with Gasteiger partial charge in [-0.2, -0.15) is 0 Å². The molecule has 0 unspecified atom stereocenters. The Morgan fingerprint density at radius 1 is 0.350 bits per heavy atom. The number of aromatic nitrogens is 4. The summed E-state index contributed by atoms with van der Waals surface area (Å²) in [5.41, 5.74) is 9.14. The summed E-state index contributed by atoms with van der Waals surface area (Å²) < 4.78 is 0. The maximum Gasteiger partial charge on any atom is 0.115 e. The maximum atomic E-state index is 4.27. The van der Waals surface area contributed by atoms with Crippen molar-refractivity contribution in [1.29, 1.82) is 0 Å². The molecule has 0 saturated carbocycles. The molecule has 0 saturated heterocycles. The van der Waals surface area contributed by atoms with E-state index in [4.69, 9.17) is 0 Å². The van der Waals surface area contributed by atoms with Gasteiger partial charge >= 0.3 is 0 Å². The third kappa shape index (κ3) is 3.62. The fourth-order valence-electron chi connectivity index (χ4n) is 5.95. The average molecular weight is 511 g/mol. The number of hydrogen-bond acceptors (Lipinski definition) is 4. The molecule has 0 amide bonds. The fraction of sp³-hybridized carbons (Fsp3) is 0. The van der Waals surface area contributed by atoms with Crippen LogP contribution in [0.15, 0.2) is 135 Å². The highest BCUT2D eigenvalue weighted by Crippen LogP contribution is 2.43. The minimum Gasteiger partial charge on any atom is -0.265 e. The minimum absolute atomic E-state index is 1.02. The van der Waals surface area contributed by atoms with Crippen LogP contribution < -0.4 is 0 Å². The molecule has 4 heteroatoms. The second kappa shape index (κ2) is 9.07. The fourth-order valence-corrected chi connectivity index (χ4v) is 5.95. The van der Waals surface area contributed by atoms with Gasteiger partial charge in [-0.05, 0) is 114 Å². The Bertz CT molecular complexity index is 2080. The van der Waals surface area contributed by atoms with E-state index in [1.54, 1.807) is 6.33 Å². The van der Waals surface area contributed by atoms with Crippen LogP contribution in [0.1, 0.15) is 0 Å². The van der Waals surface area contributed by atoms with Crippen molar-refractivity contribution in [2.75, 3.05) is 0 Å². The summed E-state index contributed by atoms with van der Waals surface area (Å²) in [4.78, 5) is 17.0. The molecule has 0 fully saturated rings. The number of pyridine rings is 2. The highest BCUT2D eigenvalue weighted by atomic mass is 14.8. The van der Waals surface area contributed by atoms with Gasteiger partial charge in [0.05, 0.1) is 0 Å². The lowest BCUT2D eigenvalue weighted by molar-refractivity contribution is 1.17. The summed E-state index contributed by atoms with van der Waals surface area (Å²) in [5.74, 6) is 0. The van der Waals surface area contributed by atoms with Crippen molar-refractivity contribution in [3.05, 3.63) is 135 Å². The lowest BCUT2D eigenvalue weighted by Gasteiger charge is -2.17. The minimum atomic E-state index is 1.02. The Hall–Kier alpha value is -5.48. The molecule has 5 aromatic carbocycles. The standard InChI is InChI=1S/C36H22N4/c1-5-31(29-18-27(23-9-13-37-14-10-23)17-28(19-29)24-11-15-38-16-12-24)33-7-3-26-2-6-32(30-20-39-22-40-21-30)34-8-4-25(1)35(33)36(26)34/h1-22H. The summed E-state index contributed by atoms with van der Waals surface area (Å²) in [5, 5.41) is 7.48. The second-order valence-electron chi connectivity index (χ2n) is 10.0. The summed E-state index contributed by atoms with van der Waals surface area (Å²) in [6.07, 6.45) is 12.7. The molecule has 4 nitrogen and oxygen atoms in total. The van der Waals surface area contributed by atoms with Gasteiger partial charge in [-0.25, -0.2) is 9.97 Å².